The monoisotopic (exact) mass is 267 g/mol. The topological polar surface area (TPSA) is 46.1 Å². The second-order valence-electron chi connectivity index (χ2n) is 4.79. The van der Waals surface area contributed by atoms with Gasteiger partial charge in [0.05, 0.1) is 17.0 Å². The van der Waals surface area contributed by atoms with Crippen LogP contribution in [0.5, 0.6) is 0 Å². The summed E-state index contributed by atoms with van der Waals surface area (Å²) >= 11 is 5.96. The minimum absolute atomic E-state index is 0.0378. The van der Waals surface area contributed by atoms with Crippen LogP contribution in [0.4, 0.5) is 0 Å². The van der Waals surface area contributed by atoms with Crippen molar-refractivity contribution in [2.75, 3.05) is 12.4 Å². The van der Waals surface area contributed by atoms with E-state index in [0.29, 0.717) is 17.1 Å². The molecule has 1 aromatic rings. The number of aromatic nitrogens is 2. The molecule has 2 rings (SSSR count). The summed E-state index contributed by atoms with van der Waals surface area (Å²) in [5, 5.41) is 7.97. The Morgan fingerprint density at radius 1 is 1.44 bits per heavy atom. The summed E-state index contributed by atoms with van der Waals surface area (Å²) in [4.78, 5) is 14.4. The van der Waals surface area contributed by atoms with Gasteiger partial charge in [0, 0.05) is 18.5 Å². The van der Waals surface area contributed by atoms with Crippen LogP contribution in [0.15, 0.2) is 6.07 Å². The molecule has 0 bridgehead atoms. The fraction of sp³-hybridized carbons (Fsp3) is 0.615. The quantitative estimate of drug-likeness (QED) is 0.773. The predicted octanol–water partition coefficient (Wildman–Crippen LogP) is 2.33. The number of alkyl halides is 1. The average molecular weight is 268 g/mol. The third-order valence-electron chi connectivity index (χ3n) is 3.40. The van der Waals surface area contributed by atoms with Crippen LogP contribution >= 0.6 is 11.6 Å². The average Bonchev–Trinajstić information content (AvgIpc) is 2.40. The van der Waals surface area contributed by atoms with Crippen molar-refractivity contribution in [1.29, 1.82) is 0 Å². The van der Waals surface area contributed by atoms with Crippen LogP contribution in [-0.2, 0) is 0 Å². The van der Waals surface area contributed by atoms with Gasteiger partial charge in [-0.15, -0.1) is 11.6 Å². The Labute approximate surface area is 112 Å². The first-order chi connectivity index (χ1) is 8.63. The van der Waals surface area contributed by atoms with Gasteiger partial charge in [0.2, 0.25) is 0 Å². The number of aryl methyl sites for hydroxylation is 2. The van der Waals surface area contributed by atoms with E-state index in [4.69, 9.17) is 11.6 Å². The smallest absolute Gasteiger partial charge is 0.256 e. The SMILES string of the molecule is Cc1cc(C(=O)N2CCCCC2CCl)c(C)nn1. The number of hydrogen-bond acceptors (Lipinski definition) is 3. The second kappa shape index (κ2) is 5.65. The third-order valence-corrected chi connectivity index (χ3v) is 3.75. The van der Waals surface area contributed by atoms with Crippen LogP contribution in [0.3, 0.4) is 0 Å². The number of hydrogen-bond donors (Lipinski definition) is 0. The lowest BCUT2D eigenvalue weighted by Gasteiger charge is -2.34. The summed E-state index contributed by atoms with van der Waals surface area (Å²) in [7, 11) is 0. The summed E-state index contributed by atoms with van der Waals surface area (Å²) in [6.07, 6.45) is 3.19. The highest BCUT2D eigenvalue weighted by Gasteiger charge is 2.28. The number of rotatable bonds is 2. The maximum atomic E-state index is 12.5. The molecule has 1 amide bonds. The van der Waals surface area contributed by atoms with Gasteiger partial charge in [-0.25, -0.2) is 0 Å². The fourth-order valence-electron chi connectivity index (χ4n) is 2.35. The molecule has 0 aromatic carbocycles. The van der Waals surface area contributed by atoms with Crippen LogP contribution in [0.1, 0.15) is 41.0 Å². The molecule has 5 heteroatoms. The van der Waals surface area contributed by atoms with Gasteiger partial charge in [-0.3, -0.25) is 4.79 Å². The highest BCUT2D eigenvalue weighted by Crippen LogP contribution is 2.21. The Morgan fingerprint density at radius 3 is 2.94 bits per heavy atom. The number of likely N-dealkylation sites (tertiary alicyclic amines) is 1. The molecular weight excluding hydrogens is 250 g/mol. The standard InChI is InChI=1S/C13H18ClN3O/c1-9-7-12(10(2)16-15-9)13(18)17-6-4-3-5-11(17)8-14/h7,11H,3-6,8H2,1-2H3. The number of carbonyl (C=O) groups is 1. The molecule has 0 spiro atoms. The Morgan fingerprint density at radius 2 is 2.22 bits per heavy atom. The highest BCUT2D eigenvalue weighted by atomic mass is 35.5. The second-order valence-corrected chi connectivity index (χ2v) is 5.10. The van der Waals surface area contributed by atoms with Crippen LogP contribution in [0.25, 0.3) is 0 Å². The van der Waals surface area contributed by atoms with E-state index in [1.165, 1.54) is 0 Å². The molecule has 1 fully saturated rings. The zero-order chi connectivity index (χ0) is 13.1. The van der Waals surface area contributed by atoms with Crippen molar-refractivity contribution in [2.45, 2.75) is 39.2 Å². The summed E-state index contributed by atoms with van der Waals surface area (Å²) in [6, 6.07) is 1.96. The molecule has 1 aromatic heterocycles. The maximum absolute atomic E-state index is 12.5. The number of carbonyl (C=O) groups excluding carboxylic acids is 1. The van der Waals surface area contributed by atoms with Gasteiger partial charge in [0.15, 0.2) is 0 Å². The zero-order valence-electron chi connectivity index (χ0n) is 10.8. The molecule has 0 aliphatic carbocycles. The lowest BCUT2D eigenvalue weighted by molar-refractivity contribution is 0.0637. The minimum atomic E-state index is 0.0378. The summed E-state index contributed by atoms with van der Waals surface area (Å²) in [6.45, 7) is 4.45. The Balaban J connectivity index is 2.26. The molecule has 0 radical (unpaired) electrons. The molecular formula is C13H18ClN3O. The lowest BCUT2D eigenvalue weighted by atomic mass is 10.0. The molecule has 0 saturated carbocycles. The molecule has 1 saturated heterocycles. The molecule has 98 valence electrons. The van der Waals surface area contributed by atoms with Gasteiger partial charge in [0.1, 0.15) is 0 Å². The van der Waals surface area contributed by atoms with Crippen molar-refractivity contribution >= 4 is 17.5 Å². The van der Waals surface area contributed by atoms with Crippen LogP contribution < -0.4 is 0 Å². The molecule has 18 heavy (non-hydrogen) atoms. The third kappa shape index (κ3) is 2.64. The summed E-state index contributed by atoms with van der Waals surface area (Å²) in [5.41, 5.74) is 2.10. The van der Waals surface area contributed by atoms with Crippen LogP contribution in [0, 0.1) is 13.8 Å². The number of piperidine rings is 1. The first kappa shape index (κ1) is 13.3. The zero-order valence-corrected chi connectivity index (χ0v) is 11.6. The minimum Gasteiger partial charge on any atom is -0.334 e. The largest absolute Gasteiger partial charge is 0.334 e. The predicted molar refractivity (Wildman–Crippen MR) is 70.9 cm³/mol. The van der Waals surface area contributed by atoms with E-state index in [9.17, 15) is 4.79 Å². The Kier molecular flexibility index (Phi) is 4.17. The first-order valence-electron chi connectivity index (χ1n) is 6.31. The fourth-order valence-corrected chi connectivity index (χ4v) is 2.67. The van der Waals surface area contributed by atoms with Gasteiger partial charge < -0.3 is 4.90 Å². The van der Waals surface area contributed by atoms with Gasteiger partial charge in [-0.2, -0.15) is 10.2 Å². The van der Waals surface area contributed by atoms with Crippen molar-refractivity contribution in [1.82, 2.24) is 15.1 Å². The van der Waals surface area contributed by atoms with Crippen LogP contribution in [-0.4, -0.2) is 39.5 Å². The van der Waals surface area contributed by atoms with Gasteiger partial charge >= 0.3 is 0 Å². The van der Waals surface area contributed by atoms with Crippen molar-refractivity contribution in [3.63, 3.8) is 0 Å². The van der Waals surface area contributed by atoms with Crippen LogP contribution in [0.2, 0.25) is 0 Å². The Bertz CT molecular complexity index is 450. The molecule has 1 aliphatic heterocycles. The van der Waals surface area contributed by atoms with Gasteiger partial charge in [-0.05, 0) is 39.2 Å². The van der Waals surface area contributed by atoms with Crippen molar-refractivity contribution < 1.29 is 4.79 Å². The normalized spacial score (nSPS) is 19.9. The van der Waals surface area contributed by atoms with Crippen molar-refractivity contribution in [3.8, 4) is 0 Å². The molecule has 4 nitrogen and oxygen atoms in total. The molecule has 1 aliphatic rings. The number of halogens is 1. The lowest BCUT2D eigenvalue weighted by Crippen LogP contribution is -2.45. The summed E-state index contributed by atoms with van der Waals surface area (Å²) in [5.74, 6) is 0.540. The van der Waals surface area contributed by atoms with Gasteiger partial charge in [0.25, 0.3) is 5.91 Å². The van der Waals surface area contributed by atoms with E-state index >= 15 is 0 Å². The van der Waals surface area contributed by atoms with E-state index in [2.05, 4.69) is 10.2 Å². The number of nitrogens with zero attached hydrogens (tertiary/aromatic N) is 3. The van der Waals surface area contributed by atoms with E-state index in [1.807, 2.05) is 24.8 Å². The number of amides is 1. The first-order valence-corrected chi connectivity index (χ1v) is 6.85. The Hall–Kier alpha value is -1.16. The molecule has 1 unspecified atom stereocenters. The van der Waals surface area contributed by atoms with E-state index < -0.39 is 0 Å². The maximum Gasteiger partial charge on any atom is 0.256 e. The van der Waals surface area contributed by atoms with E-state index in [0.717, 1.165) is 31.5 Å². The summed E-state index contributed by atoms with van der Waals surface area (Å²) < 4.78 is 0. The molecule has 1 atom stereocenters. The molecule has 2 heterocycles. The van der Waals surface area contributed by atoms with E-state index in [1.54, 1.807) is 0 Å². The van der Waals surface area contributed by atoms with Gasteiger partial charge in [-0.1, -0.05) is 0 Å². The van der Waals surface area contributed by atoms with Crippen molar-refractivity contribution in [3.05, 3.63) is 23.0 Å². The van der Waals surface area contributed by atoms with Crippen molar-refractivity contribution in [2.24, 2.45) is 0 Å². The van der Waals surface area contributed by atoms with E-state index in [-0.39, 0.29) is 11.9 Å². The molecule has 0 N–H and O–H groups in total. The highest BCUT2D eigenvalue weighted by molar-refractivity contribution is 6.18.